The van der Waals surface area contributed by atoms with Crippen LogP contribution >= 0.6 is 0 Å². The molecule has 0 fully saturated rings. The highest BCUT2D eigenvalue weighted by molar-refractivity contribution is 5.78. The maximum absolute atomic E-state index is 11.9. The van der Waals surface area contributed by atoms with E-state index in [1.54, 1.807) is 19.0 Å². The Morgan fingerprint density at radius 3 is 2.78 bits per heavy atom. The lowest BCUT2D eigenvalue weighted by Crippen LogP contribution is -2.38. The maximum Gasteiger partial charge on any atom is 0.236 e. The molecule has 2 aliphatic rings. The minimum atomic E-state index is 0.137. The topological polar surface area (TPSA) is 59.8 Å². The van der Waals surface area contributed by atoms with E-state index in [1.807, 2.05) is 35.3 Å². The molecule has 0 N–H and O–H groups in total. The van der Waals surface area contributed by atoms with E-state index in [0.717, 1.165) is 42.3 Å². The molecule has 27 heavy (non-hydrogen) atoms. The van der Waals surface area contributed by atoms with Gasteiger partial charge in [-0.05, 0) is 24.1 Å². The number of carbonyl (C=O) groups excluding carboxylic acids is 1. The molecular weight excluding hydrogens is 344 g/mol. The van der Waals surface area contributed by atoms with Crippen molar-refractivity contribution in [2.45, 2.75) is 6.42 Å². The highest BCUT2D eigenvalue weighted by atomic mass is 16.6. The Kier molecular flexibility index (Phi) is 4.85. The summed E-state index contributed by atoms with van der Waals surface area (Å²) < 4.78 is 13.1. The van der Waals surface area contributed by atoms with E-state index in [4.69, 9.17) is 9.47 Å². The van der Waals surface area contributed by atoms with Gasteiger partial charge in [0.05, 0.1) is 18.4 Å². The second-order valence-corrected chi connectivity index (χ2v) is 7.00. The Morgan fingerprint density at radius 1 is 1.22 bits per heavy atom. The maximum atomic E-state index is 11.9. The van der Waals surface area contributed by atoms with Gasteiger partial charge in [-0.25, -0.2) is 4.68 Å². The molecule has 0 spiro atoms. The summed E-state index contributed by atoms with van der Waals surface area (Å²) in [5, 5.41) is 4.51. The largest absolute Gasteiger partial charge is 0.486 e. The normalized spacial score (nSPS) is 16.7. The average Bonchev–Trinajstić information content (AvgIpc) is 3.18. The first-order chi connectivity index (χ1) is 13.1. The fourth-order valence-corrected chi connectivity index (χ4v) is 3.25. The highest BCUT2D eigenvalue weighted by Gasteiger charge is 2.18. The number of ether oxygens (including phenoxy) is 2. The van der Waals surface area contributed by atoms with E-state index in [1.165, 1.54) is 5.57 Å². The first kappa shape index (κ1) is 17.6. The van der Waals surface area contributed by atoms with Gasteiger partial charge >= 0.3 is 0 Å². The number of nitrogens with zero attached hydrogens (tertiary/aromatic N) is 4. The third-order valence-corrected chi connectivity index (χ3v) is 4.89. The Balaban J connectivity index is 1.45. The van der Waals surface area contributed by atoms with Crippen LogP contribution in [0.2, 0.25) is 0 Å². The summed E-state index contributed by atoms with van der Waals surface area (Å²) in [5.74, 6) is 1.67. The van der Waals surface area contributed by atoms with Gasteiger partial charge in [-0.15, -0.1) is 0 Å². The smallest absolute Gasteiger partial charge is 0.236 e. The van der Waals surface area contributed by atoms with Crippen LogP contribution in [0.1, 0.15) is 12.0 Å². The van der Waals surface area contributed by atoms with Crippen molar-refractivity contribution in [3.8, 4) is 17.2 Å². The van der Waals surface area contributed by atoms with E-state index in [0.29, 0.717) is 19.8 Å². The van der Waals surface area contributed by atoms with E-state index in [2.05, 4.69) is 16.1 Å². The molecule has 0 unspecified atom stereocenters. The van der Waals surface area contributed by atoms with Crippen LogP contribution in [0.15, 0.2) is 36.7 Å². The molecule has 7 heteroatoms. The molecule has 7 nitrogen and oxygen atoms in total. The molecule has 1 aromatic carbocycles. The SMILES string of the molecule is CN(C)C(=O)CN1CC=C(c2cnn(-c3ccc4c(c3)OCCO4)c2)CC1. The molecule has 142 valence electrons. The summed E-state index contributed by atoms with van der Waals surface area (Å²) in [6.45, 7) is 3.28. The van der Waals surface area contributed by atoms with E-state index >= 15 is 0 Å². The summed E-state index contributed by atoms with van der Waals surface area (Å²) in [6, 6.07) is 5.86. The van der Waals surface area contributed by atoms with E-state index in [9.17, 15) is 4.79 Å². The molecule has 1 aromatic heterocycles. The Labute approximate surface area is 158 Å². The van der Waals surface area contributed by atoms with Crippen LogP contribution in [-0.4, -0.2) is 72.4 Å². The van der Waals surface area contributed by atoms with Crippen LogP contribution in [-0.2, 0) is 4.79 Å². The molecule has 4 rings (SSSR count). The highest BCUT2D eigenvalue weighted by Crippen LogP contribution is 2.32. The number of fused-ring (bicyclic) bond motifs is 1. The number of rotatable bonds is 4. The van der Waals surface area contributed by atoms with Crippen molar-refractivity contribution in [2.75, 3.05) is 46.9 Å². The van der Waals surface area contributed by atoms with Gasteiger partial charge in [-0.3, -0.25) is 9.69 Å². The minimum Gasteiger partial charge on any atom is -0.486 e. The van der Waals surface area contributed by atoms with Gasteiger partial charge in [0.15, 0.2) is 11.5 Å². The van der Waals surface area contributed by atoms with Crippen molar-refractivity contribution in [1.82, 2.24) is 19.6 Å². The minimum absolute atomic E-state index is 0.137. The Bertz CT molecular complexity index is 872. The van der Waals surface area contributed by atoms with Crippen molar-refractivity contribution >= 4 is 11.5 Å². The molecule has 0 aliphatic carbocycles. The Hall–Kier alpha value is -2.80. The molecular formula is C20H24N4O3. The first-order valence-corrected chi connectivity index (χ1v) is 9.17. The number of hydrogen-bond donors (Lipinski definition) is 0. The molecule has 0 bridgehead atoms. The molecule has 2 aliphatic heterocycles. The lowest BCUT2D eigenvalue weighted by molar-refractivity contribution is -0.129. The van der Waals surface area contributed by atoms with Gasteiger partial charge in [0.25, 0.3) is 0 Å². The van der Waals surface area contributed by atoms with Crippen LogP contribution < -0.4 is 9.47 Å². The number of benzene rings is 1. The zero-order valence-electron chi connectivity index (χ0n) is 15.7. The third-order valence-electron chi connectivity index (χ3n) is 4.89. The average molecular weight is 368 g/mol. The van der Waals surface area contributed by atoms with Crippen molar-refractivity contribution in [2.24, 2.45) is 0 Å². The van der Waals surface area contributed by atoms with Crippen LogP contribution in [0.4, 0.5) is 0 Å². The first-order valence-electron chi connectivity index (χ1n) is 9.17. The third kappa shape index (κ3) is 3.83. The molecule has 0 saturated heterocycles. The number of hydrogen-bond acceptors (Lipinski definition) is 5. The van der Waals surface area contributed by atoms with Gasteiger partial charge in [0, 0.05) is 45.0 Å². The zero-order chi connectivity index (χ0) is 18.8. The lowest BCUT2D eigenvalue weighted by atomic mass is 10.0. The van der Waals surface area contributed by atoms with Crippen molar-refractivity contribution in [3.63, 3.8) is 0 Å². The van der Waals surface area contributed by atoms with Crippen molar-refractivity contribution in [3.05, 3.63) is 42.2 Å². The molecule has 0 saturated carbocycles. The molecule has 3 heterocycles. The summed E-state index contributed by atoms with van der Waals surface area (Å²) in [6.07, 6.45) is 7.03. The van der Waals surface area contributed by atoms with Gasteiger partial charge in [-0.2, -0.15) is 5.10 Å². The van der Waals surface area contributed by atoms with Gasteiger partial charge in [0.1, 0.15) is 13.2 Å². The summed E-state index contributed by atoms with van der Waals surface area (Å²) >= 11 is 0. The summed E-state index contributed by atoms with van der Waals surface area (Å²) in [5.41, 5.74) is 3.33. The van der Waals surface area contributed by atoms with Crippen LogP contribution in [0, 0.1) is 0 Å². The molecule has 0 atom stereocenters. The predicted molar refractivity (Wildman–Crippen MR) is 102 cm³/mol. The van der Waals surface area contributed by atoms with Gasteiger partial charge < -0.3 is 14.4 Å². The molecule has 2 aromatic rings. The number of aromatic nitrogens is 2. The fourth-order valence-electron chi connectivity index (χ4n) is 3.25. The summed E-state index contributed by atoms with van der Waals surface area (Å²) in [7, 11) is 3.58. The van der Waals surface area contributed by atoms with E-state index < -0.39 is 0 Å². The van der Waals surface area contributed by atoms with Crippen LogP contribution in [0.3, 0.4) is 0 Å². The van der Waals surface area contributed by atoms with Crippen LogP contribution in [0.25, 0.3) is 11.3 Å². The molecule has 1 amide bonds. The Morgan fingerprint density at radius 2 is 2.04 bits per heavy atom. The lowest BCUT2D eigenvalue weighted by Gasteiger charge is -2.26. The number of likely N-dealkylation sites (N-methyl/N-ethyl adjacent to an activating group) is 1. The standard InChI is InChI=1S/C20H24N4O3/c1-22(2)20(25)14-23-7-5-15(6-8-23)16-12-21-24(13-16)17-3-4-18-19(11-17)27-10-9-26-18/h3-5,11-13H,6-10,14H2,1-2H3. The second-order valence-electron chi connectivity index (χ2n) is 7.00. The molecule has 0 radical (unpaired) electrons. The quantitative estimate of drug-likeness (QED) is 0.824. The zero-order valence-corrected chi connectivity index (χ0v) is 15.7. The predicted octanol–water partition coefficient (Wildman–Crippen LogP) is 1.82. The van der Waals surface area contributed by atoms with Crippen molar-refractivity contribution < 1.29 is 14.3 Å². The fraction of sp³-hybridized carbons (Fsp3) is 0.400. The second kappa shape index (κ2) is 7.44. The monoisotopic (exact) mass is 368 g/mol. The van der Waals surface area contributed by atoms with E-state index in [-0.39, 0.29) is 5.91 Å². The van der Waals surface area contributed by atoms with Crippen molar-refractivity contribution in [1.29, 1.82) is 0 Å². The van der Waals surface area contributed by atoms with Gasteiger partial charge in [0.2, 0.25) is 5.91 Å². The van der Waals surface area contributed by atoms with Crippen LogP contribution in [0.5, 0.6) is 11.5 Å². The summed E-state index contributed by atoms with van der Waals surface area (Å²) in [4.78, 5) is 15.7. The van der Waals surface area contributed by atoms with Gasteiger partial charge in [-0.1, -0.05) is 6.08 Å². The number of amides is 1. The number of carbonyl (C=O) groups is 1.